The van der Waals surface area contributed by atoms with E-state index < -0.39 is 74.8 Å². The van der Waals surface area contributed by atoms with Gasteiger partial charge in [0.1, 0.15) is 6.61 Å². The smallest absolute Gasteiger partial charge is 0.416 e. The number of nitrogens with one attached hydrogen (secondary N) is 1. The number of anilines is 1. The predicted molar refractivity (Wildman–Crippen MR) is 112 cm³/mol. The first-order valence-corrected chi connectivity index (χ1v) is 9.45. The Hall–Kier alpha value is -3.23. The second-order valence-corrected chi connectivity index (χ2v) is 6.85. The second kappa shape index (κ2) is 9.93. The van der Waals surface area contributed by atoms with Gasteiger partial charge in [-0.1, -0.05) is 37.2 Å². The van der Waals surface area contributed by atoms with Crippen LogP contribution in [0.4, 0.5) is 28.4 Å². The fraction of sp³-hybridized carbons (Fsp3) is 0.391. The minimum absolute atomic E-state index is 0.206. The summed E-state index contributed by atoms with van der Waals surface area (Å²) in [4.78, 5) is 26.1. The number of carbonyl (C=O) groups excluding carboxylic acids is 2. The van der Waals surface area contributed by atoms with Crippen LogP contribution in [0.5, 0.6) is 0 Å². The molecule has 32 heavy (non-hydrogen) atoms. The van der Waals surface area contributed by atoms with Gasteiger partial charge in [0.2, 0.25) is 0 Å². The average molecular weight is 459 g/mol. The molecule has 1 aliphatic heterocycles. The Morgan fingerprint density at radius 1 is 1.19 bits per heavy atom. The summed E-state index contributed by atoms with van der Waals surface area (Å²) in [5.74, 6) is 0. The summed E-state index contributed by atoms with van der Waals surface area (Å²) in [5.41, 5.74) is -1.28. The molecule has 9 heteroatoms. The Morgan fingerprint density at radius 3 is 2.66 bits per heavy atom. The van der Waals surface area contributed by atoms with Crippen molar-refractivity contribution in [3.8, 4) is 0 Å². The quantitative estimate of drug-likeness (QED) is 0.613. The molecule has 0 spiro atoms. The van der Waals surface area contributed by atoms with E-state index in [4.69, 9.17) is 20.4 Å². The molecule has 0 bridgehead atoms. The van der Waals surface area contributed by atoms with Crippen molar-refractivity contribution < 1.29 is 43.2 Å². The standard InChI is InChI=1S/C23H25F3N2O4/c1-3-17-13-19(27-21(29)32-14-15-8-6-5-7-9-15)18-12-16(23(24,25)26)10-11-20(18)28(17)22(30)31-4-2/h5-12,17,19H,3-4,13-14H2,1-2H3,(H,27,29)/t17-,19+/m1/s1/i1D3,2D3,3D2. The summed E-state index contributed by atoms with van der Waals surface area (Å²) in [5, 5.41) is 2.35. The maximum absolute atomic E-state index is 13.6. The zero-order chi connectivity index (χ0) is 30.1. The van der Waals surface area contributed by atoms with Gasteiger partial charge in [0, 0.05) is 17.0 Å². The molecule has 0 aliphatic carbocycles. The fourth-order valence-electron chi connectivity index (χ4n) is 3.38. The number of fused-ring (bicyclic) bond motifs is 1. The van der Waals surface area contributed by atoms with Gasteiger partial charge in [-0.15, -0.1) is 0 Å². The summed E-state index contributed by atoms with van der Waals surface area (Å²) in [6.45, 7) is -7.45. The van der Waals surface area contributed by atoms with Crippen molar-refractivity contribution in [2.45, 2.75) is 51.4 Å². The van der Waals surface area contributed by atoms with Crippen molar-refractivity contribution in [1.29, 1.82) is 0 Å². The molecule has 0 unspecified atom stereocenters. The van der Waals surface area contributed by atoms with E-state index in [1.807, 2.05) is 0 Å². The van der Waals surface area contributed by atoms with Crippen molar-refractivity contribution in [2.24, 2.45) is 0 Å². The molecule has 0 aromatic heterocycles. The molecule has 2 amide bonds. The van der Waals surface area contributed by atoms with Crippen LogP contribution in [-0.2, 0) is 22.3 Å². The maximum Gasteiger partial charge on any atom is 0.416 e. The second-order valence-electron chi connectivity index (χ2n) is 6.85. The Bertz CT molecular complexity index is 1220. The van der Waals surface area contributed by atoms with Gasteiger partial charge < -0.3 is 14.8 Å². The Kier molecular flexibility index (Phi) is 4.58. The minimum Gasteiger partial charge on any atom is -0.449 e. The summed E-state index contributed by atoms with van der Waals surface area (Å²) in [6, 6.07) is 7.08. The van der Waals surface area contributed by atoms with Crippen LogP contribution >= 0.6 is 0 Å². The highest BCUT2D eigenvalue weighted by atomic mass is 19.4. The van der Waals surface area contributed by atoms with Crippen molar-refractivity contribution in [3.63, 3.8) is 0 Å². The SMILES string of the molecule is [2H]C([2H])([2H])COC(=O)N1c2ccc(C(F)(F)F)cc2[C@@H](NC(=O)OCc2ccccc2)C[C@H]1C([2H])([2H])C([2H])([2H])[2H]. The van der Waals surface area contributed by atoms with Gasteiger partial charge in [-0.2, -0.15) is 13.2 Å². The van der Waals surface area contributed by atoms with Gasteiger partial charge >= 0.3 is 18.4 Å². The summed E-state index contributed by atoms with van der Waals surface area (Å²) in [7, 11) is 0. The van der Waals surface area contributed by atoms with E-state index in [9.17, 15) is 22.8 Å². The highest BCUT2D eigenvalue weighted by molar-refractivity contribution is 5.90. The summed E-state index contributed by atoms with van der Waals surface area (Å²) >= 11 is 0. The molecular weight excluding hydrogens is 425 g/mol. The highest BCUT2D eigenvalue weighted by Crippen LogP contribution is 2.42. The Labute approximate surface area is 195 Å². The van der Waals surface area contributed by atoms with Crippen LogP contribution < -0.4 is 10.2 Å². The fourth-order valence-corrected chi connectivity index (χ4v) is 3.38. The molecule has 0 saturated heterocycles. The molecule has 1 heterocycles. The molecule has 0 radical (unpaired) electrons. The van der Waals surface area contributed by atoms with Crippen molar-refractivity contribution in [2.75, 3.05) is 11.5 Å². The first-order chi connectivity index (χ1) is 18.3. The summed E-state index contributed by atoms with van der Waals surface area (Å²) in [6.07, 6.45) is -11.3. The highest BCUT2D eigenvalue weighted by Gasteiger charge is 2.39. The molecule has 0 fully saturated rings. The van der Waals surface area contributed by atoms with Gasteiger partial charge in [0.05, 0.1) is 23.9 Å². The van der Waals surface area contributed by atoms with Crippen LogP contribution in [-0.4, -0.2) is 24.8 Å². The van der Waals surface area contributed by atoms with E-state index >= 15 is 0 Å². The van der Waals surface area contributed by atoms with Gasteiger partial charge in [0.25, 0.3) is 0 Å². The number of rotatable bonds is 5. The maximum atomic E-state index is 13.6. The average Bonchev–Trinajstić information content (AvgIpc) is 2.84. The van der Waals surface area contributed by atoms with E-state index in [0.717, 1.165) is 6.07 Å². The third-order valence-electron chi connectivity index (χ3n) is 4.82. The van der Waals surface area contributed by atoms with Crippen LogP contribution in [0.2, 0.25) is 0 Å². The normalized spacial score (nSPS) is 22.9. The number of hydrogen-bond donors (Lipinski definition) is 1. The lowest BCUT2D eigenvalue weighted by Crippen LogP contribution is -2.47. The van der Waals surface area contributed by atoms with Crippen molar-refractivity contribution >= 4 is 17.9 Å². The van der Waals surface area contributed by atoms with Gasteiger partial charge in [-0.3, -0.25) is 4.90 Å². The monoisotopic (exact) mass is 458 g/mol. The first kappa shape index (κ1) is 14.8. The largest absolute Gasteiger partial charge is 0.449 e. The molecule has 2 atom stereocenters. The lowest BCUT2D eigenvalue weighted by atomic mass is 9.89. The number of nitrogens with zero attached hydrogens (tertiary/aromatic N) is 1. The molecule has 6 nitrogen and oxygen atoms in total. The number of alkyl halides is 3. The van der Waals surface area contributed by atoms with Gasteiger partial charge in [-0.25, -0.2) is 9.59 Å². The molecule has 2 aromatic carbocycles. The van der Waals surface area contributed by atoms with E-state index in [-0.39, 0.29) is 12.2 Å². The molecule has 1 N–H and O–H groups in total. The van der Waals surface area contributed by atoms with Crippen LogP contribution in [0, 0.1) is 0 Å². The number of benzene rings is 2. The molecule has 172 valence electrons. The van der Waals surface area contributed by atoms with Crippen LogP contribution in [0.25, 0.3) is 0 Å². The Balaban J connectivity index is 2.06. The number of alkyl carbamates (subject to hydrolysis) is 1. The molecule has 2 aromatic rings. The third-order valence-corrected chi connectivity index (χ3v) is 4.82. The van der Waals surface area contributed by atoms with E-state index in [2.05, 4.69) is 5.32 Å². The zero-order valence-electron chi connectivity index (χ0n) is 24.6. The number of carbonyl (C=O) groups is 2. The summed E-state index contributed by atoms with van der Waals surface area (Å²) < 4.78 is 112. The predicted octanol–water partition coefficient (Wildman–Crippen LogP) is 5.82. The van der Waals surface area contributed by atoms with Gasteiger partial charge in [0.15, 0.2) is 0 Å². The topological polar surface area (TPSA) is 67.9 Å². The van der Waals surface area contributed by atoms with E-state index in [0.29, 0.717) is 22.6 Å². The molecule has 3 rings (SSSR count). The van der Waals surface area contributed by atoms with Crippen molar-refractivity contribution in [3.05, 3.63) is 65.2 Å². The van der Waals surface area contributed by atoms with Crippen LogP contribution in [0.1, 0.15) is 60.2 Å². The first-order valence-electron chi connectivity index (χ1n) is 13.5. The lowest BCUT2D eigenvalue weighted by molar-refractivity contribution is -0.137. The van der Waals surface area contributed by atoms with Gasteiger partial charge in [-0.05, 0) is 49.0 Å². The minimum atomic E-state index is -4.84. The number of amides is 2. The van der Waals surface area contributed by atoms with E-state index in [1.54, 1.807) is 30.3 Å². The molecule has 0 saturated carbocycles. The third kappa shape index (κ3) is 5.33. The number of halogens is 3. The number of ether oxygens (including phenoxy) is 2. The van der Waals surface area contributed by atoms with Crippen molar-refractivity contribution in [1.82, 2.24) is 5.32 Å². The zero-order valence-corrected chi connectivity index (χ0v) is 16.6. The molecular formula is C23H25F3N2O4. The number of hydrogen-bond acceptors (Lipinski definition) is 4. The van der Waals surface area contributed by atoms with Crippen LogP contribution in [0.15, 0.2) is 48.5 Å². The molecule has 1 aliphatic rings. The van der Waals surface area contributed by atoms with Crippen LogP contribution in [0.3, 0.4) is 0 Å². The Morgan fingerprint density at radius 2 is 1.97 bits per heavy atom. The van der Waals surface area contributed by atoms with E-state index in [1.165, 1.54) is 0 Å². The lowest BCUT2D eigenvalue weighted by Gasteiger charge is -2.40.